The molecule has 2 N–H and O–H groups in total. The smallest absolute Gasteiger partial charge is 0.233 e. The standard InChI is InChI=1S/C15H13BrN2O2/c1-9-6-11(3-4-12(9)16)19-8-15-18-13-7-10(17)2-5-14(13)20-15/h2-7H,8,17H2,1H3. The molecular formula is C15H13BrN2O2. The third kappa shape index (κ3) is 2.63. The van der Waals surface area contributed by atoms with E-state index in [1.807, 2.05) is 31.2 Å². The number of halogens is 1. The van der Waals surface area contributed by atoms with Crippen LogP contribution >= 0.6 is 15.9 Å². The van der Waals surface area contributed by atoms with E-state index in [-0.39, 0.29) is 6.61 Å². The topological polar surface area (TPSA) is 61.3 Å². The summed E-state index contributed by atoms with van der Waals surface area (Å²) in [4.78, 5) is 4.35. The van der Waals surface area contributed by atoms with Crippen molar-refractivity contribution in [1.29, 1.82) is 0 Å². The van der Waals surface area contributed by atoms with Crippen molar-refractivity contribution in [2.75, 3.05) is 5.73 Å². The molecule has 0 atom stereocenters. The molecule has 0 radical (unpaired) electrons. The Morgan fingerprint density at radius 3 is 2.90 bits per heavy atom. The second-order valence-electron chi connectivity index (χ2n) is 4.53. The van der Waals surface area contributed by atoms with E-state index in [1.165, 1.54) is 0 Å². The molecule has 0 aliphatic heterocycles. The summed E-state index contributed by atoms with van der Waals surface area (Å²) in [6.07, 6.45) is 0. The molecule has 1 heterocycles. The van der Waals surface area contributed by atoms with Gasteiger partial charge in [0, 0.05) is 10.2 Å². The van der Waals surface area contributed by atoms with E-state index in [0.717, 1.165) is 21.3 Å². The molecule has 20 heavy (non-hydrogen) atoms. The number of ether oxygens (including phenoxy) is 1. The highest BCUT2D eigenvalue weighted by atomic mass is 79.9. The van der Waals surface area contributed by atoms with Crippen LogP contribution in [0, 0.1) is 6.92 Å². The number of oxazole rings is 1. The number of hydrogen-bond donors (Lipinski definition) is 1. The maximum Gasteiger partial charge on any atom is 0.233 e. The first-order chi connectivity index (χ1) is 9.61. The van der Waals surface area contributed by atoms with Gasteiger partial charge in [-0.2, -0.15) is 0 Å². The lowest BCUT2D eigenvalue weighted by Crippen LogP contribution is -1.95. The number of rotatable bonds is 3. The fraction of sp³-hybridized carbons (Fsp3) is 0.133. The molecule has 0 fully saturated rings. The molecule has 1 aromatic heterocycles. The van der Waals surface area contributed by atoms with Crippen molar-refractivity contribution in [2.24, 2.45) is 0 Å². The molecule has 102 valence electrons. The number of aryl methyl sites for hydroxylation is 1. The molecule has 0 bridgehead atoms. The SMILES string of the molecule is Cc1cc(OCc2nc3cc(N)ccc3o2)ccc1Br. The van der Waals surface area contributed by atoms with Crippen molar-refractivity contribution >= 4 is 32.7 Å². The van der Waals surface area contributed by atoms with E-state index in [0.29, 0.717) is 17.2 Å². The van der Waals surface area contributed by atoms with Crippen molar-refractivity contribution in [3.63, 3.8) is 0 Å². The number of nitrogen functional groups attached to an aromatic ring is 1. The predicted molar refractivity (Wildman–Crippen MR) is 81.6 cm³/mol. The van der Waals surface area contributed by atoms with Gasteiger partial charge in [-0.15, -0.1) is 0 Å². The second kappa shape index (κ2) is 5.17. The van der Waals surface area contributed by atoms with E-state index >= 15 is 0 Å². The van der Waals surface area contributed by atoms with Gasteiger partial charge in [0.05, 0.1) is 0 Å². The van der Waals surface area contributed by atoms with Crippen molar-refractivity contribution in [3.05, 3.63) is 52.3 Å². The van der Waals surface area contributed by atoms with Gasteiger partial charge in [0.15, 0.2) is 12.2 Å². The van der Waals surface area contributed by atoms with E-state index in [4.69, 9.17) is 14.9 Å². The van der Waals surface area contributed by atoms with Gasteiger partial charge in [-0.05, 0) is 48.9 Å². The third-order valence-electron chi connectivity index (χ3n) is 2.95. The van der Waals surface area contributed by atoms with Crippen LogP contribution in [0.2, 0.25) is 0 Å². The van der Waals surface area contributed by atoms with Crippen molar-refractivity contribution < 1.29 is 9.15 Å². The summed E-state index contributed by atoms with van der Waals surface area (Å²) >= 11 is 3.46. The average Bonchev–Trinajstić information content (AvgIpc) is 2.82. The van der Waals surface area contributed by atoms with Gasteiger partial charge in [0.1, 0.15) is 11.3 Å². The number of fused-ring (bicyclic) bond motifs is 1. The Labute approximate surface area is 124 Å². The molecule has 5 heteroatoms. The van der Waals surface area contributed by atoms with Gasteiger partial charge >= 0.3 is 0 Å². The zero-order valence-electron chi connectivity index (χ0n) is 10.9. The Balaban J connectivity index is 1.77. The van der Waals surface area contributed by atoms with Gasteiger partial charge in [0.25, 0.3) is 0 Å². The highest BCUT2D eigenvalue weighted by molar-refractivity contribution is 9.10. The Hall–Kier alpha value is -2.01. The lowest BCUT2D eigenvalue weighted by Gasteiger charge is -2.05. The lowest BCUT2D eigenvalue weighted by molar-refractivity contribution is 0.267. The van der Waals surface area contributed by atoms with Gasteiger partial charge < -0.3 is 14.9 Å². The number of aromatic nitrogens is 1. The number of nitrogens with zero attached hydrogens (tertiary/aromatic N) is 1. The van der Waals surface area contributed by atoms with Crippen LogP contribution in [0.3, 0.4) is 0 Å². The summed E-state index contributed by atoms with van der Waals surface area (Å²) in [5.41, 5.74) is 8.96. The molecule has 0 aliphatic carbocycles. The van der Waals surface area contributed by atoms with Crippen LogP contribution in [0.25, 0.3) is 11.1 Å². The van der Waals surface area contributed by atoms with E-state index in [1.54, 1.807) is 12.1 Å². The molecular weight excluding hydrogens is 320 g/mol. The molecule has 0 saturated heterocycles. The van der Waals surface area contributed by atoms with Crippen LogP contribution in [0.5, 0.6) is 5.75 Å². The minimum atomic E-state index is 0.287. The third-order valence-corrected chi connectivity index (χ3v) is 3.84. The van der Waals surface area contributed by atoms with Crippen molar-refractivity contribution in [1.82, 2.24) is 4.98 Å². The van der Waals surface area contributed by atoms with E-state index in [9.17, 15) is 0 Å². The molecule has 0 saturated carbocycles. The molecule has 0 spiro atoms. The van der Waals surface area contributed by atoms with Gasteiger partial charge in [-0.1, -0.05) is 15.9 Å². The van der Waals surface area contributed by atoms with Gasteiger partial charge in [0.2, 0.25) is 5.89 Å². The average molecular weight is 333 g/mol. The van der Waals surface area contributed by atoms with Crippen LogP contribution in [-0.4, -0.2) is 4.98 Å². The summed E-state index contributed by atoms with van der Waals surface area (Å²) in [7, 11) is 0. The molecule has 0 amide bonds. The maximum absolute atomic E-state index is 5.71. The highest BCUT2D eigenvalue weighted by Crippen LogP contribution is 2.23. The molecule has 2 aromatic carbocycles. The largest absolute Gasteiger partial charge is 0.484 e. The van der Waals surface area contributed by atoms with Crippen LogP contribution < -0.4 is 10.5 Å². The van der Waals surface area contributed by atoms with Crippen LogP contribution in [0.4, 0.5) is 5.69 Å². The predicted octanol–water partition coefficient (Wildman–Crippen LogP) is 4.06. The van der Waals surface area contributed by atoms with E-state index in [2.05, 4.69) is 20.9 Å². The Morgan fingerprint density at radius 1 is 1.25 bits per heavy atom. The fourth-order valence-electron chi connectivity index (χ4n) is 1.91. The zero-order chi connectivity index (χ0) is 14.1. The zero-order valence-corrected chi connectivity index (χ0v) is 12.5. The summed E-state index contributed by atoms with van der Waals surface area (Å²) in [6.45, 7) is 2.30. The number of nitrogens with two attached hydrogens (primary N) is 1. The van der Waals surface area contributed by atoms with Crippen LogP contribution in [0.15, 0.2) is 45.3 Å². The number of hydrogen-bond acceptors (Lipinski definition) is 4. The first kappa shape index (κ1) is 13.0. The minimum Gasteiger partial charge on any atom is -0.484 e. The Bertz CT molecular complexity index is 768. The lowest BCUT2D eigenvalue weighted by atomic mass is 10.2. The first-order valence-corrected chi connectivity index (χ1v) is 6.95. The molecule has 3 rings (SSSR count). The molecule has 0 aliphatic rings. The van der Waals surface area contributed by atoms with E-state index < -0.39 is 0 Å². The van der Waals surface area contributed by atoms with Crippen molar-refractivity contribution in [3.8, 4) is 5.75 Å². The summed E-state index contributed by atoms with van der Waals surface area (Å²) in [6, 6.07) is 11.2. The fourth-order valence-corrected chi connectivity index (χ4v) is 2.15. The molecule has 3 aromatic rings. The summed E-state index contributed by atoms with van der Waals surface area (Å²) in [5.74, 6) is 1.32. The first-order valence-electron chi connectivity index (χ1n) is 6.16. The second-order valence-corrected chi connectivity index (χ2v) is 5.39. The van der Waals surface area contributed by atoms with Gasteiger partial charge in [-0.25, -0.2) is 4.98 Å². The van der Waals surface area contributed by atoms with Crippen LogP contribution in [0.1, 0.15) is 11.5 Å². The van der Waals surface area contributed by atoms with Crippen LogP contribution in [-0.2, 0) is 6.61 Å². The highest BCUT2D eigenvalue weighted by Gasteiger charge is 2.07. The number of anilines is 1. The van der Waals surface area contributed by atoms with Crippen molar-refractivity contribution in [2.45, 2.75) is 13.5 Å². The summed E-state index contributed by atoms with van der Waals surface area (Å²) in [5, 5.41) is 0. The molecule has 0 unspecified atom stereocenters. The minimum absolute atomic E-state index is 0.287. The van der Waals surface area contributed by atoms with Gasteiger partial charge in [-0.3, -0.25) is 0 Å². The Kier molecular flexibility index (Phi) is 3.36. The number of benzene rings is 2. The maximum atomic E-state index is 5.71. The Morgan fingerprint density at radius 2 is 2.10 bits per heavy atom. The molecule has 4 nitrogen and oxygen atoms in total. The quantitative estimate of drug-likeness (QED) is 0.734. The monoisotopic (exact) mass is 332 g/mol. The normalized spacial score (nSPS) is 10.9. The summed E-state index contributed by atoms with van der Waals surface area (Å²) < 4.78 is 12.3.